The molecule has 6 nitrogen and oxygen atoms in total. The summed E-state index contributed by atoms with van der Waals surface area (Å²) >= 11 is 0. The Morgan fingerprint density at radius 3 is 2.17 bits per heavy atom. The van der Waals surface area contributed by atoms with E-state index in [0.717, 1.165) is 12.0 Å². The van der Waals surface area contributed by atoms with Crippen LogP contribution in [-0.4, -0.2) is 26.0 Å². The molecule has 126 valence electrons. The molecule has 0 atom stereocenters. The molecule has 0 aliphatic heterocycles. The third-order valence-electron chi connectivity index (χ3n) is 3.56. The SMILES string of the molecule is CCc1ccc(C(=O)NNC(=O)c2cccc(OC)c2OC)cc1. The highest BCUT2D eigenvalue weighted by molar-refractivity contribution is 6.01. The summed E-state index contributed by atoms with van der Waals surface area (Å²) in [6.45, 7) is 2.04. The molecule has 0 unspecified atom stereocenters. The minimum Gasteiger partial charge on any atom is -0.493 e. The molecular formula is C18H20N2O4. The van der Waals surface area contributed by atoms with Crippen molar-refractivity contribution in [1.82, 2.24) is 10.9 Å². The van der Waals surface area contributed by atoms with Crippen LogP contribution in [0.2, 0.25) is 0 Å². The highest BCUT2D eigenvalue weighted by Gasteiger charge is 2.17. The molecule has 0 heterocycles. The summed E-state index contributed by atoms with van der Waals surface area (Å²) in [6, 6.07) is 12.1. The van der Waals surface area contributed by atoms with E-state index in [2.05, 4.69) is 10.9 Å². The molecule has 0 saturated carbocycles. The van der Waals surface area contributed by atoms with Crippen molar-refractivity contribution in [3.05, 3.63) is 59.2 Å². The smallest absolute Gasteiger partial charge is 0.273 e. The van der Waals surface area contributed by atoms with Crippen molar-refractivity contribution < 1.29 is 19.1 Å². The first-order chi connectivity index (χ1) is 11.6. The number of benzene rings is 2. The van der Waals surface area contributed by atoms with Gasteiger partial charge in [-0.1, -0.05) is 25.1 Å². The van der Waals surface area contributed by atoms with E-state index in [1.807, 2.05) is 19.1 Å². The van der Waals surface area contributed by atoms with Crippen LogP contribution in [0.3, 0.4) is 0 Å². The van der Waals surface area contributed by atoms with Crippen LogP contribution in [-0.2, 0) is 6.42 Å². The maximum absolute atomic E-state index is 12.3. The second-order valence-electron chi connectivity index (χ2n) is 5.00. The fourth-order valence-electron chi connectivity index (χ4n) is 2.21. The zero-order valence-corrected chi connectivity index (χ0v) is 13.9. The molecule has 0 saturated heterocycles. The van der Waals surface area contributed by atoms with Crippen LogP contribution in [0.15, 0.2) is 42.5 Å². The van der Waals surface area contributed by atoms with Crippen molar-refractivity contribution in [2.75, 3.05) is 14.2 Å². The molecule has 24 heavy (non-hydrogen) atoms. The van der Waals surface area contributed by atoms with Crippen LogP contribution in [0.25, 0.3) is 0 Å². The first-order valence-corrected chi connectivity index (χ1v) is 7.51. The predicted molar refractivity (Wildman–Crippen MR) is 90.3 cm³/mol. The van der Waals surface area contributed by atoms with Crippen molar-refractivity contribution in [1.29, 1.82) is 0 Å². The van der Waals surface area contributed by atoms with Gasteiger partial charge in [0.25, 0.3) is 11.8 Å². The van der Waals surface area contributed by atoms with Gasteiger partial charge in [0.2, 0.25) is 0 Å². The molecule has 2 amide bonds. The summed E-state index contributed by atoms with van der Waals surface area (Å²) in [5, 5.41) is 0. The Bertz CT molecular complexity index is 726. The number of ether oxygens (including phenoxy) is 2. The van der Waals surface area contributed by atoms with E-state index in [1.165, 1.54) is 14.2 Å². The fourth-order valence-corrected chi connectivity index (χ4v) is 2.21. The molecule has 0 aliphatic rings. The van der Waals surface area contributed by atoms with Gasteiger partial charge in [-0.2, -0.15) is 0 Å². The lowest BCUT2D eigenvalue weighted by atomic mass is 10.1. The van der Waals surface area contributed by atoms with Crippen molar-refractivity contribution >= 4 is 11.8 Å². The van der Waals surface area contributed by atoms with Gasteiger partial charge in [-0.05, 0) is 36.2 Å². The van der Waals surface area contributed by atoms with Gasteiger partial charge in [0.15, 0.2) is 11.5 Å². The van der Waals surface area contributed by atoms with E-state index in [9.17, 15) is 9.59 Å². The minimum atomic E-state index is -0.496. The maximum atomic E-state index is 12.3. The van der Waals surface area contributed by atoms with Crippen LogP contribution in [0.4, 0.5) is 0 Å². The summed E-state index contributed by atoms with van der Waals surface area (Å²) in [5.41, 5.74) is 6.63. The summed E-state index contributed by atoms with van der Waals surface area (Å²) in [5.74, 6) is -0.150. The number of nitrogens with one attached hydrogen (secondary N) is 2. The van der Waals surface area contributed by atoms with Crippen LogP contribution in [0, 0.1) is 0 Å². The Kier molecular flexibility index (Phi) is 5.78. The third kappa shape index (κ3) is 3.84. The predicted octanol–water partition coefficient (Wildman–Crippen LogP) is 2.34. The van der Waals surface area contributed by atoms with E-state index < -0.39 is 11.8 Å². The molecule has 2 rings (SSSR count). The number of rotatable bonds is 5. The molecule has 0 aliphatic carbocycles. The molecule has 0 spiro atoms. The standard InChI is InChI=1S/C18H20N2O4/c1-4-12-8-10-13(11-9-12)17(21)19-20-18(22)14-6-5-7-15(23-2)16(14)24-3/h5-11H,4H2,1-3H3,(H,19,21)(H,20,22). The summed E-state index contributed by atoms with van der Waals surface area (Å²) in [7, 11) is 2.93. The Hall–Kier alpha value is -3.02. The average molecular weight is 328 g/mol. The largest absolute Gasteiger partial charge is 0.493 e. The number of hydrazine groups is 1. The molecule has 2 aromatic carbocycles. The van der Waals surface area contributed by atoms with Crippen LogP contribution < -0.4 is 20.3 Å². The first kappa shape index (κ1) is 17.3. The molecule has 6 heteroatoms. The maximum Gasteiger partial charge on any atom is 0.273 e. The number of hydrogen-bond donors (Lipinski definition) is 2. The lowest BCUT2D eigenvalue weighted by Gasteiger charge is -2.13. The topological polar surface area (TPSA) is 76.7 Å². The van der Waals surface area contributed by atoms with E-state index >= 15 is 0 Å². The van der Waals surface area contributed by atoms with Crippen LogP contribution in [0.5, 0.6) is 11.5 Å². The van der Waals surface area contributed by atoms with Crippen molar-refractivity contribution in [2.24, 2.45) is 0 Å². The van der Waals surface area contributed by atoms with E-state index in [-0.39, 0.29) is 5.56 Å². The molecule has 0 aromatic heterocycles. The number of amides is 2. The molecule has 2 N–H and O–H groups in total. The van der Waals surface area contributed by atoms with Crippen molar-refractivity contribution in [3.63, 3.8) is 0 Å². The summed E-state index contributed by atoms with van der Waals surface area (Å²) < 4.78 is 10.4. The Balaban J connectivity index is 2.06. The second-order valence-corrected chi connectivity index (χ2v) is 5.00. The second kappa shape index (κ2) is 8.01. The van der Waals surface area contributed by atoms with Crippen LogP contribution in [0.1, 0.15) is 33.2 Å². The quantitative estimate of drug-likeness (QED) is 0.826. The minimum absolute atomic E-state index is 0.262. The number of carbonyl (C=O) groups excluding carboxylic acids is 2. The molecule has 0 radical (unpaired) electrons. The Morgan fingerprint density at radius 1 is 0.917 bits per heavy atom. The molecular weight excluding hydrogens is 308 g/mol. The lowest BCUT2D eigenvalue weighted by Crippen LogP contribution is -2.41. The third-order valence-corrected chi connectivity index (χ3v) is 3.56. The number of para-hydroxylation sites is 1. The highest BCUT2D eigenvalue weighted by Crippen LogP contribution is 2.30. The Morgan fingerprint density at radius 2 is 1.58 bits per heavy atom. The average Bonchev–Trinajstić information content (AvgIpc) is 2.64. The number of carbonyl (C=O) groups is 2. The van der Waals surface area contributed by atoms with Gasteiger partial charge in [0.1, 0.15) is 0 Å². The normalized spacial score (nSPS) is 9.96. The summed E-state index contributed by atoms with van der Waals surface area (Å²) in [4.78, 5) is 24.3. The Labute approximate surface area is 140 Å². The highest BCUT2D eigenvalue weighted by atomic mass is 16.5. The van der Waals surface area contributed by atoms with Crippen LogP contribution >= 0.6 is 0 Å². The van der Waals surface area contributed by atoms with Gasteiger partial charge in [-0.3, -0.25) is 20.4 Å². The van der Waals surface area contributed by atoms with Gasteiger partial charge in [-0.15, -0.1) is 0 Å². The summed E-state index contributed by atoms with van der Waals surface area (Å²) in [6.07, 6.45) is 0.897. The monoisotopic (exact) mass is 328 g/mol. The number of methoxy groups -OCH3 is 2. The van der Waals surface area contributed by atoms with Crippen molar-refractivity contribution in [3.8, 4) is 11.5 Å². The van der Waals surface area contributed by atoms with Gasteiger partial charge in [-0.25, -0.2) is 0 Å². The van der Waals surface area contributed by atoms with Gasteiger partial charge in [0, 0.05) is 5.56 Å². The number of hydrogen-bond acceptors (Lipinski definition) is 4. The lowest BCUT2D eigenvalue weighted by molar-refractivity contribution is 0.0844. The van der Waals surface area contributed by atoms with E-state index in [4.69, 9.17) is 9.47 Å². The molecule has 0 fully saturated rings. The first-order valence-electron chi connectivity index (χ1n) is 7.51. The molecule has 2 aromatic rings. The van der Waals surface area contributed by atoms with Gasteiger partial charge in [0.05, 0.1) is 19.8 Å². The van der Waals surface area contributed by atoms with E-state index in [0.29, 0.717) is 17.1 Å². The van der Waals surface area contributed by atoms with Gasteiger partial charge >= 0.3 is 0 Å². The fraction of sp³-hybridized carbons (Fsp3) is 0.222. The van der Waals surface area contributed by atoms with E-state index in [1.54, 1.807) is 30.3 Å². The zero-order chi connectivity index (χ0) is 17.5. The zero-order valence-electron chi connectivity index (χ0n) is 13.9. The van der Waals surface area contributed by atoms with Gasteiger partial charge < -0.3 is 9.47 Å². The van der Waals surface area contributed by atoms with Crippen molar-refractivity contribution in [2.45, 2.75) is 13.3 Å². The number of aryl methyl sites for hydroxylation is 1. The molecule has 0 bridgehead atoms.